The molecule has 0 unspecified atom stereocenters. The number of halogens is 1. The van der Waals surface area contributed by atoms with Gasteiger partial charge in [-0.25, -0.2) is 4.79 Å². The molecule has 1 heterocycles. The Hall–Kier alpha value is -1.55. The van der Waals surface area contributed by atoms with E-state index >= 15 is 0 Å². The van der Waals surface area contributed by atoms with Gasteiger partial charge in [-0.15, -0.1) is 23.7 Å². The largest absolute Gasteiger partial charge is 0.477 e. The summed E-state index contributed by atoms with van der Waals surface area (Å²) in [6.45, 7) is 8.32. The fourth-order valence-electron chi connectivity index (χ4n) is 4.58. The van der Waals surface area contributed by atoms with Crippen LogP contribution in [0.15, 0.2) is 6.07 Å². The lowest BCUT2D eigenvalue weighted by Gasteiger charge is -2.39. The number of amides is 1. The van der Waals surface area contributed by atoms with Gasteiger partial charge in [-0.05, 0) is 84.1 Å². The van der Waals surface area contributed by atoms with Crippen LogP contribution in [-0.2, 0) is 4.79 Å². The van der Waals surface area contributed by atoms with Crippen LogP contribution >= 0.6 is 23.7 Å². The molecule has 0 aliphatic heterocycles. The molecule has 0 saturated heterocycles. The van der Waals surface area contributed by atoms with Gasteiger partial charge in [-0.3, -0.25) is 4.79 Å². The van der Waals surface area contributed by atoms with Gasteiger partial charge in [0.1, 0.15) is 4.88 Å². The second-order valence-electron chi connectivity index (χ2n) is 10.4. The van der Waals surface area contributed by atoms with Crippen molar-refractivity contribution in [2.45, 2.75) is 91.1 Å². The number of carboxylic acid groups (broad SMARTS) is 1. The monoisotopic (exact) mass is 480 g/mol. The number of anilines is 1. The molecule has 0 radical (unpaired) electrons. The lowest BCUT2D eigenvalue weighted by Crippen LogP contribution is -2.47. The normalized spacial score (nSPS) is 25.8. The standard InChI is InChI=1S/C25H36N2O3S.ClH/c1-16-5-7-17(8-6-16)23(28)27(19-11-9-18(26)10-12-19)21-15-20(13-14-25(2,3)4)31-22(21)24(29)30;/h15-19H,5-12,26H2,1-4H3,(H,29,30);1H. The van der Waals surface area contributed by atoms with Gasteiger partial charge < -0.3 is 15.7 Å². The topological polar surface area (TPSA) is 83.6 Å². The molecule has 3 N–H and O–H groups in total. The lowest BCUT2D eigenvalue weighted by atomic mass is 9.81. The molecule has 0 bridgehead atoms. The van der Waals surface area contributed by atoms with Crippen LogP contribution in [0.3, 0.4) is 0 Å². The van der Waals surface area contributed by atoms with Gasteiger partial charge in [-0.1, -0.05) is 18.8 Å². The molecule has 2 aliphatic carbocycles. The van der Waals surface area contributed by atoms with Gasteiger partial charge in [0, 0.05) is 23.4 Å². The number of thiophene rings is 1. The summed E-state index contributed by atoms with van der Waals surface area (Å²) in [6, 6.07) is 1.99. The molecule has 7 heteroatoms. The number of carbonyl (C=O) groups excluding carboxylic acids is 1. The number of hydrogen-bond acceptors (Lipinski definition) is 4. The van der Waals surface area contributed by atoms with Gasteiger partial charge >= 0.3 is 5.97 Å². The van der Waals surface area contributed by atoms with E-state index in [1.165, 1.54) is 11.3 Å². The summed E-state index contributed by atoms with van der Waals surface area (Å²) in [5, 5.41) is 9.93. The smallest absolute Gasteiger partial charge is 0.348 e. The molecule has 32 heavy (non-hydrogen) atoms. The Morgan fingerprint density at radius 3 is 2.22 bits per heavy atom. The molecule has 0 atom stereocenters. The van der Waals surface area contributed by atoms with Crippen molar-refractivity contribution in [2.75, 3.05) is 4.90 Å². The Morgan fingerprint density at radius 2 is 1.69 bits per heavy atom. The number of nitrogens with two attached hydrogens (primary N) is 1. The van der Waals surface area contributed by atoms with Crippen LogP contribution in [0.25, 0.3) is 0 Å². The van der Waals surface area contributed by atoms with E-state index in [-0.39, 0.29) is 46.6 Å². The second kappa shape index (κ2) is 11.0. The molecule has 1 aromatic heterocycles. The van der Waals surface area contributed by atoms with E-state index < -0.39 is 5.97 Å². The number of carbonyl (C=O) groups is 2. The van der Waals surface area contributed by atoms with Crippen LogP contribution in [0.4, 0.5) is 5.69 Å². The summed E-state index contributed by atoms with van der Waals surface area (Å²) >= 11 is 1.17. The SMILES string of the molecule is CC1CCC(C(=O)N(c2cc(C#CC(C)(C)C)sc2C(=O)O)C2CCC(N)CC2)CC1.Cl. The highest BCUT2D eigenvalue weighted by Crippen LogP contribution is 2.38. The molecular weight excluding hydrogens is 444 g/mol. The van der Waals surface area contributed by atoms with E-state index in [0.29, 0.717) is 16.5 Å². The van der Waals surface area contributed by atoms with Gasteiger partial charge in [-0.2, -0.15) is 0 Å². The fraction of sp³-hybridized carbons (Fsp3) is 0.680. The molecule has 1 amide bonds. The predicted octanol–water partition coefficient (Wildman–Crippen LogP) is 5.69. The van der Waals surface area contributed by atoms with Crippen LogP contribution in [0.5, 0.6) is 0 Å². The Bertz CT molecular complexity index is 864. The molecule has 5 nitrogen and oxygen atoms in total. The van der Waals surface area contributed by atoms with Gasteiger partial charge in [0.05, 0.1) is 10.6 Å². The van der Waals surface area contributed by atoms with Crippen molar-refractivity contribution in [3.05, 3.63) is 15.8 Å². The van der Waals surface area contributed by atoms with E-state index in [2.05, 4.69) is 18.8 Å². The number of aromatic carboxylic acids is 1. The van der Waals surface area contributed by atoms with Crippen LogP contribution in [-0.4, -0.2) is 29.1 Å². The molecule has 2 saturated carbocycles. The first-order valence-corrected chi connectivity index (χ1v) is 12.4. The second-order valence-corrected chi connectivity index (χ2v) is 11.4. The minimum atomic E-state index is -0.994. The summed E-state index contributed by atoms with van der Waals surface area (Å²) in [5.74, 6) is 6.04. The lowest BCUT2D eigenvalue weighted by molar-refractivity contribution is -0.124. The maximum Gasteiger partial charge on any atom is 0.348 e. The first-order chi connectivity index (χ1) is 14.5. The van der Waals surface area contributed by atoms with Crippen LogP contribution in [0.2, 0.25) is 0 Å². The molecule has 2 aliphatic rings. The summed E-state index contributed by atoms with van der Waals surface area (Å²) in [5.41, 5.74) is 6.47. The third-order valence-corrected chi connectivity index (χ3v) is 7.46. The highest BCUT2D eigenvalue weighted by atomic mass is 35.5. The number of carboxylic acids is 1. The third-order valence-electron chi connectivity index (χ3n) is 6.44. The summed E-state index contributed by atoms with van der Waals surface area (Å²) in [6.07, 6.45) is 7.22. The molecule has 0 spiro atoms. The average Bonchev–Trinajstić information content (AvgIpc) is 3.12. The average molecular weight is 481 g/mol. The van der Waals surface area contributed by atoms with E-state index in [1.807, 2.05) is 31.7 Å². The van der Waals surface area contributed by atoms with Crippen molar-refractivity contribution in [3.8, 4) is 11.8 Å². The fourth-order valence-corrected chi connectivity index (χ4v) is 5.42. The first kappa shape index (κ1) is 26.7. The minimum absolute atomic E-state index is 0. The zero-order chi connectivity index (χ0) is 22.8. The van der Waals surface area contributed by atoms with Gasteiger partial charge in [0.15, 0.2) is 0 Å². The maximum absolute atomic E-state index is 13.8. The molecule has 0 aromatic carbocycles. The zero-order valence-corrected chi connectivity index (χ0v) is 21.3. The Labute approximate surface area is 202 Å². The van der Waals surface area contributed by atoms with Crippen molar-refractivity contribution in [2.24, 2.45) is 23.0 Å². The molecule has 1 aromatic rings. The molecule has 2 fully saturated rings. The van der Waals surface area contributed by atoms with Crippen molar-refractivity contribution >= 4 is 41.3 Å². The van der Waals surface area contributed by atoms with E-state index in [9.17, 15) is 14.7 Å². The van der Waals surface area contributed by atoms with Crippen LogP contribution in [0, 0.1) is 29.1 Å². The highest BCUT2D eigenvalue weighted by molar-refractivity contribution is 7.15. The molecule has 3 rings (SSSR count). The summed E-state index contributed by atoms with van der Waals surface area (Å²) < 4.78 is 0. The minimum Gasteiger partial charge on any atom is -0.477 e. The third kappa shape index (κ3) is 6.73. The van der Waals surface area contributed by atoms with Gasteiger partial charge in [0.2, 0.25) is 5.91 Å². The van der Waals surface area contributed by atoms with E-state index in [4.69, 9.17) is 5.73 Å². The number of rotatable bonds is 4. The molecular formula is C25H37ClN2O3S. The summed E-state index contributed by atoms with van der Waals surface area (Å²) in [4.78, 5) is 28.6. The number of hydrogen-bond donors (Lipinski definition) is 2. The van der Waals surface area contributed by atoms with Crippen molar-refractivity contribution in [3.63, 3.8) is 0 Å². The Kier molecular flexibility index (Phi) is 9.22. The predicted molar refractivity (Wildman–Crippen MR) is 134 cm³/mol. The maximum atomic E-state index is 13.8. The highest BCUT2D eigenvalue weighted by Gasteiger charge is 2.37. The van der Waals surface area contributed by atoms with Crippen molar-refractivity contribution in [1.82, 2.24) is 0 Å². The van der Waals surface area contributed by atoms with Crippen molar-refractivity contribution < 1.29 is 14.7 Å². The van der Waals surface area contributed by atoms with Crippen LogP contribution < -0.4 is 10.6 Å². The quantitative estimate of drug-likeness (QED) is 0.542. The Morgan fingerprint density at radius 1 is 1.09 bits per heavy atom. The summed E-state index contributed by atoms with van der Waals surface area (Å²) in [7, 11) is 0. The number of nitrogens with zero attached hydrogens (tertiary/aromatic N) is 1. The molecule has 178 valence electrons. The van der Waals surface area contributed by atoms with Crippen LogP contribution in [0.1, 0.15) is 93.6 Å². The Balaban J connectivity index is 0.00000363. The first-order valence-electron chi connectivity index (χ1n) is 11.5. The zero-order valence-electron chi connectivity index (χ0n) is 19.6. The van der Waals surface area contributed by atoms with E-state index in [0.717, 1.165) is 51.4 Å². The van der Waals surface area contributed by atoms with E-state index in [1.54, 1.807) is 0 Å². The van der Waals surface area contributed by atoms with Gasteiger partial charge in [0.25, 0.3) is 0 Å². The van der Waals surface area contributed by atoms with Crippen molar-refractivity contribution in [1.29, 1.82) is 0 Å².